The van der Waals surface area contributed by atoms with Crippen molar-refractivity contribution in [2.24, 2.45) is 0 Å². The van der Waals surface area contributed by atoms with Crippen molar-refractivity contribution in [1.29, 1.82) is 0 Å². The maximum atomic E-state index is 12.3. The van der Waals surface area contributed by atoms with Crippen molar-refractivity contribution in [1.82, 2.24) is 9.47 Å². The van der Waals surface area contributed by atoms with Crippen LogP contribution in [-0.4, -0.2) is 40.5 Å². The minimum atomic E-state index is -0.503. The molecule has 0 N–H and O–H groups in total. The normalized spacial score (nSPS) is 18.3. The van der Waals surface area contributed by atoms with Crippen LogP contribution >= 0.6 is 11.3 Å². The average molecular weight is 298 g/mol. The second kappa shape index (κ2) is 6.21. The van der Waals surface area contributed by atoms with Crippen LogP contribution in [0.15, 0.2) is 10.2 Å². The van der Waals surface area contributed by atoms with Gasteiger partial charge in [-0.3, -0.25) is 14.2 Å². The van der Waals surface area contributed by atoms with Crippen LogP contribution in [0.25, 0.3) is 0 Å². The third-order valence-corrected chi connectivity index (χ3v) is 4.28. The Bertz CT molecular complexity index is 563. The Labute approximate surface area is 121 Å². The topological polar surface area (TPSA) is 68.6 Å². The van der Waals surface area contributed by atoms with Crippen LogP contribution in [0.5, 0.6) is 0 Å². The van der Waals surface area contributed by atoms with Crippen molar-refractivity contribution in [3.63, 3.8) is 0 Å². The van der Waals surface area contributed by atoms with Crippen molar-refractivity contribution in [2.75, 3.05) is 13.2 Å². The summed E-state index contributed by atoms with van der Waals surface area (Å²) in [6, 6.07) is -0.503. The molecule has 0 aliphatic carbocycles. The SMILES string of the molecule is CCOC(=O)C1CCCN1C(=O)Cn1c(C)csc1=O. The van der Waals surface area contributed by atoms with E-state index in [9.17, 15) is 14.4 Å². The lowest BCUT2D eigenvalue weighted by atomic mass is 10.2. The second-order valence-electron chi connectivity index (χ2n) is 4.73. The van der Waals surface area contributed by atoms with E-state index in [1.54, 1.807) is 19.2 Å². The summed E-state index contributed by atoms with van der Waals surface area (Å²) in [7, 11) is 0. The van der Waals surface area contributed by atoms with Crippen LogP contribution in [0.2, 0.25) is 0 Å². The molecule has 0 radical (unpaired) electrons. The lowest BCUT2D eigenvalue weighted by Gasteiger charge is -2.23. The Morgan fingerprint density at radius 3 is 2.85 bits per heavy atom. The minimum Gasteiger partial charge on any atom is -0.464 e. The standard InChI is InChI=1S/C13H18N2O4S/c1-3-19-12(17)10-5-4-6-14(10)11(16)7-15-9(2)8-20-13(15)18/h8,10H,3-7H2,1-2H3. The number of carbonyl (C=O) groups is 2. The van der Waals surface area contributed by atoms with Crippen molar-refractivity contribution in [2.45, 2.75) is 39.3 Å². The largest absolute Gasteiger partial charge is 0.464 e. The first-order chi connectivity index (χ1) is 9.54. The van der Waals surface area contributed by atoms with Gasteiger partial charge < -0.3 is 9.64 Å². The number of nitrogens with zero attached hydrogens (tertiary/aromatic N) is 2. The minimum absolute atomic E-state index is 0.00985. The highest BCUT2D eigenvalue weighted by molar-refractivity contribution is 7.07. The lowest BCUT2D eigenvalue weighted by Crippen LogP contribution is -2.43. The quantitative estimate of drug-likeness (QED) is 0.770. The molecule has 0 bridgehead atoms. The van der Waals surface area contributed by atoms with Gasteiger partial charge in [-0.1, -0.05) is 11.3 Å². The van der Waals surface area contributed by atoms with Gasteiger partial charge in [0.1, 0.15) is 12.6 Å². The van der Waals surface area contributed by atoms with E-state index in [0.717, 1.165) is 23.5 Å². The molecule has 0 saturated carbocycles. The summed E-state index contributed by atoms with van der Waals surface area (Å²) < 4.78 is 6.43. The Balaban J connectivity index is 2.08. The predicted molar refractivity (Wildman–Crippen MR) is 74.7 cm³/mol. The van der Waals surface area contributed by atoms with E-state index < -0.39 is 6.04 Å². The maximum absolute atomic E-state index is 12.3. The number of likely N-dealkylation sites (tertiary alicyclic amines) is 1. The molecule has 1 aromatic heterocycles. The molecule has 0 spiro atoms. The molecule has 1 amide bonds. The zero-order chi connectivity index (χ0) is 14.7. The lowest BCUT2D eigenvalue weighted by molar-refractivity contribution is -0.153. The Morgan fingerprint density at radius 1 is 1.50 bits per heavy atom. The van der Waals surface area contributed by atoms with E-state index in [-0.39, 0.29) is 23.3 Å². The Hall–Kier alpha value is -1.63. The molecule has 110 valence electrons. The Kier molecular flexibility index (Phi) is 4.59. The number of ether oxygens (including phenoxy) is 1. The van der Waals surface area contributed by atoms with E-state index in [1.807, 2.05) is 0 Å². The van der Waals surface area contributed by atoms with Gasteiger partial charge in [0.05, 0.1) is 6.61 Å². The van der Waals surface area contributed by atoms with Gasteiger partial charge in [0, 0.05) is 17.6 Å². The first-order valence-electron chi connectivity index (χ1n) is 6.65. The molecule has 2 heterocycles. The van der Waals surface area contributed by atoms with E-state index >= 15 is 0 Å². The summed E-state index contributed by atoms with van der Waals surface area (Å²) in [6.07, 6.45) is 1.41. The van der Waals surface area contributed by atoms with E-state index in [4.69, 9.17) is 4.74 Å². The summed E-state index contributed by atoms with van der Waals surface area (Å²) in [5.41, 5.74) is 0.764. The zero-order valence-electron chi connectivity index (χ0n) is 11.6. The van der Waals surface area contributed by atoms with Crippen LogP contribution in [0.3, 0.4) is 0 Å². The molecule has 1 saturated heterocycles. The van der Waals surface area contributed by atoms with Gasteiger partial charge >= 0.3 is 10.8 Å². The zero-order valence-corrected chi connectivity index (χ0v) is 12.4. The van der Waals surface area contributed by atoms with Gasteiger partial charge in [-0.05, 0) is 26.7 Å². The van der Waals surface area contributed by atoms with Crippen LogP contribution in [0.4, 0.5) is 0 Å². The summed E-state index contributed by atoms with van der Waals surface area (Å²) in [4.78, 5) is 37.1. The van der Waals surface area contributed by atoms with Crippen molar-refractivity contribution in [3.05, 3.63) is 20.7 Å². The number of amides is 1. The van der Waals surface area contributed by atoms with Crippen molar-refractivity contribution in [3.8, 4) is 0 Å². The molecule has 1 atom stereocenters. The van der Waals surface area contributed by atoms with E-state index in [0.29, 0.717) is 19.6 Å². The number of esters is 1. The number of aromatic nitrogens is 1. The smallest absolute Gasteiger partial charge is 0.328 e. The summed E-state index contributed by atoms with van der Waals surface area (Å²) in [5.74, 6) is -0.558. The third kappa shape index (κ3) is 2.92. The number of aryl methyl sites for hydroxylation is 1. The number of thiazole rings is 1. The molecule has 0 aromatic carbocycles. The first kappa shape index (κ1) is 14.8. The fourth-order valence-corrected chi connectivity index (χ4v) is 3.11. The van der Waals surface area contributed by atoms with Gasteiger partial charge in [-0.2, -0.15) is 0 Å². The van der Waals surface area contributed by atoms with E-state index in [2.05, 4.69) is 0 Å². The van der Waals surface area contributed by atoms with Gasteiger partial charge in [0.25, 0.3) is 0 Å². The van der Waals surface area contributed by atoms with Gasteiger partial charge in [0.2, 0.25) is 5.91 Å². The van der Waals surface area contributed by atoms with Gasteiger partial charge in [0.15, 0.2) is 0 Å². The van der Waals surface area contributed by atoms with Gasteiger partial charge in [-0.25, -0.2) is 4.79 Å². The third-order valence-electron chi connectivity index (χ3n) is 3.40. The van der Waals surface area contributed by atoms with Crippen molar-refractivity contribution < 1.29 is 14.3 Å². The molecule has 1 aliphatic rings. The highest BCUT2D eigenvalue weighted by Crippen LogP contribution is 2.19. The summed E-state index contributed by atoms with van der Waals surface area (Å²) >= 11 is 1.08. The Morgan fingerprint density at radius 2 is 2.25 bits per heavy atom. The molecule has 2 rings (SSSR count). The average Bonchev–Trinajstić information content (AvgIpc) is 3.01. The molecule has 1 aliphatic heterocycles. The number of hydrogen-bond acceptors (Lipinski definition) is 5. The van der Waals surface area contributed by atoms with E-state index in [1.165, 1.54) is 9.47 Å². The fraction of sp³-hybridized carbons (Fsp3) is 0.615. The summed E-state index contributed by atoms with van der Waals surface area (Å²) in [5, 5.41) is 1.72. The van der Waals surface area contributed by atoms with Crippen LogP contribution in [0.1, 0.15) is 25.5 Å². The molecule has 1 unspecified atom stereocenters. The number of hydrogen-bond donors (Lipinski definition) is 0. The van der Waals surface area contributed by atoms with Crippen LogP contribution in [0, 0.1) is 6.92 Å². The van der Waals surface area contributed by atoms with Gasteiger partial charge in [-0.15, -0.1) is 0 Å². The number of rotatable bonds is 4. The first-order valence-corrected chi connectivity index (χ1v) is 7.53. The molecular formula is C13H18N2O4S. The molecular weight excluding hydrogens is 280 g/mol. The molecule has 1 aromatic rings. The molecule has 20 heavy (non-hydrogen) atoms. The predicted octanol–water partition coefficient (Wildman–Crippen LogP) is 0.772. The monoisotopic (exact) mass is 298 g/mol. The maximum Gasteiger partial charge on any atom is 0.328 e. The molecule has 1 fully saturated rings. The molecule has 7 heteroatoms. The highest BCUT2D eigenvalue weighted by atomic mass is 32.1. The molecule has 6 nitrogen and oxygen atoms in total. The van der Waals surface area contributed by atoms with Crippen LogP contribution in [-0.2, 0) is 20.9 Å². The second-order valence-corrected chi connectivity index (χ2v) is 5.55. The summed E-state index contributed by atoms with van der Waals surface area (Å²) in [6.45, 7) is 4.37. The number of carbonyl (C=O) groups excluding carboxylic acids is 2. The highest BCUT2D eigenvalue weighted by Gasteiger charge is 2.35. The fourth-order valence-electron chi connectivity index (χ4n) is 2.37. The van der Waals surface area contributed by atoms with Crippen LogP contribution < -0.4 is 4.87 Å². The van der Waals surface area contributed by atoms with Crippen molar-refractivity contribution >= 4 is 23.2 Å².